The number of aromatic nitrogens is 3. The van der Waals surface area contributed by atoms with E-state index < -0.39 is 0 Å². The first kappa shape index (κ1) is 15.9. The van der Waals surface area contributed by atoms with Crippen molar-refractivity contribution in [1.82, 2.24) is 20.3 Å². The third kappa shape index (κ3) is 4.52. The molecule has 21 heavy (non-hydrogen) atoms. The first-order chi connectivity index (χ1) is 10.2. The topological polar surface area (TPSA) is 85.8 Å². The molecule has 2 rings (SSSR count). The van der Waals surface area contributed by atoms with Gasteiger partial charge < -0.3 is 11.1 Å². The van der Waals surface area contributed by atoms with E-state index in [0.717, 1.165) is 25.1 Å². The van der Waals surface area contributed by atoms with E-state index in [1.807, 2.05) is 13.1 Å². The number of nitrogens with zero attached hydrogens (tertiary/aromatic N) is 3. The molecule has 1 amide bonds. The van der Waals surface area contributed by atoms with Crippen LogP contribution in [0.15, 0.2) is 6.20 Å². The summed E-state index contributed by atoms with van der Waals surface area (Å²) in [4.78, 5) is 12.4. The molecular formula is C15H27N5O. The Morgan fingerprint density at radius 1 is 1.43 bits per heavy atom. The highest BCUT2D eigenvalue weighted by molar-refractivity contribution is 5.79. The maximum Gasteiger partial charge on any atom is 0.224 e. The summed E-state index contributed by atoms with van der Waals surface area (Å²) in [5.41, 5.74) is 6.65. The summed E-state index contributed by atoms with van der Waals surface area (Å²) in [6.45, 7) is 3.65. The van der Waals surface area contributed by atoms with Crippen LogP contribution in [-0.4, -0.2) is 27.4 Å². The molecule has 1 saturated carbocycles. The smallest absolute Gasteiger partial charge is 0.224 e. The number of hydrogen-bond donors (Lipinski definition) is 2. The van der Waals surface area contributed by atoms with Crippen LogP contribution in [0.1, 0.15) is 51.1 Å². The van der Waals surface area contributed by atoms with E-state index in [4.69, 9.17) is 5.73 Å². The Balaban J connectivity index is 1.87. The summed E-state index contributed by atoms with van der Waals surface area (Å²) < 4.78 is 1.76. The largest absolute Gasteiger partial charge is 0.350 e. The molecule has 1 aromatic rings. The van der Waals surface area contributed by atoms with Crippen molar-refractivity contribution < 1.29 is 4.79 Å². The third-order valence-corrected chi connectivity index (χ3v) is 4.41. The SMILES string of the molecule is CCn1cc(CNC(=O)C(CN)C2CCCCCC2)nn1. The van der Waals surface area contributed by atoms with E-state index >= 15 is 0 Å². The van der Waals surface area contributed by atoms with Gasteiger partial charge in [0.05, 0.1) is 18.7 Å². The highest BCUT2D eigenvalue weighted by atomic mass is 16.1. The fourth-order valence-corrected chi connectivity index (χ4v) is 3.11. The molecule has 3 N–H and O–H groups in total. The van der Waals surface area contributed by atoms with Crippen LogP contribution < -0.4 is 11.1 Å². The molecule has 1 aromatic heterocycles. The fraction of sp³-hybridized carbons (Fsp3) is 0.800. The van der Waals surface area contributed by atoms with Crippen molar-refractivity contribution in [2.75, 3.05) is 6.54 Å². The van der Waals surface area contributed by atoms with E-state index in [1.165, 1.54) is 25.7 Å². The lowest BCUT2D eigenvalue weighted by Gasteiger charge is -2.23. The number of amides is 1. The molecule has 1 fully saturated rings. The molecule has 0 spiro atoms. The third-order valence-electron chi connectivity index (χ3n) is 4.41. The summed E-state index contributed by atoms with van der Waals surface area (Å²) >= 11 is 0. The van der Waals surface area contributed by atoms with E-state index in [2.05, 4.69) is 15.6 Å². The average Bonchev–Trinajstić information content (AvgIpc) is 2.80. The highest BCUT2D eigenvalue weighted by Crippen LogP contribution is 2.28. The summed E-state index contributed by atoms with van der Waals surface area (Å²) in [6, 6.07) is 0. The van der Waals surface area contributed by atoms with Crippen molar-refractivity contribution >= 4 is 5.91 Å². The number of carbonyl (C=O) groups is 1. The lowest BCUT2D eigenvalue weighted by atomic mass is 9.85. The minimum absolute atomic E-state index is 0.0652. The standard InChI is InChI=1S/C15H27N5O/c1-2-20-11-13(18-19-20)10-17-15(21)14(9-16)12-7-5-3-4-6-8-12/h11-12,14H,2-10,16H2,1H3,(H,17,21). The highest BCUT2D eigenvalue weighted by Gasteiger charge is 2.27. The molecule has 1 heterocycles. The van der Waals surface area contributed by atoms with Crippen LogP contribution in [0.25, 0.3) is 0 Å². The lowest BCUT2D eigenvalue weighted by molar-refractivity contribution is -0.126. The summed E-state index contributed by atoms with van der Waals surface area (Å²) in [7, 11) is 0. The normalized spacial score (nSPS) is 18.2. The quantitative estimate of drug-likeness (QED) is 0.778. The Labute approximate surface area is 126 Å². The van der Waals surface area contributed by atoms with E-state index in [-0.39, 0.29) is 11.8 Å². The number of hydrogen-bond acceptors (Lipinski definition) is 4. The molecule has 0 radical (unpaired) electrons. The van der Waals surface area contributed by atoms with Gasteiger partial charge in [-0.3, -0.25) is 9.48 Å². The van der Waals surface area contributed by atoms with Crippen molar-refractivity contribution in [2.24, 2.45) is 17.6 Å². The van der Waals surface area contributed by atoms with Crippen molar-refractivity contribution in [3.8, 4) is 0 Å². The van der Waals surface area contributed by atoms with Gasteiger partial charge in [-0.2, -0.15) is 0 Å². The monoisotopic (exact) mass is 293 g/mol. The number of carbonyl (C=O) groups excluding carboxylic acids is 1. The van der Waals surface area contributed by atoms with Crippen LogP contribution in [0.4, 0.5) is 0 Å². The van der Waals surface area contributed by atoms with Gasteiger partial charge in [-0.15, -0.1) is 5.10 Å². The second-order valence-electron chi connectivity index (χ2n) is 5.88. The van der Waals surface area contributed by atoms with Crippen molar-refractivity contribution in [3.05, 3.63) is 11.9 Å². The van der Waals surface area contributed by atoms with Crippen LogP contribution >= 0.6 is 0 Å². The summed E-state index contributed by atoms with van der Waals surface area (Å²) in [6.07, 6.45) is 9.13. The van der Waals surface area contributed by atoms with Gasteiger partial charge in [-0.25, -0.2) is 0 Å². The molecule has 6 nitrogen and oxygen atoms in total. The molecule has 6 heteroatoms. The second-order valence-corrected chi connectivity index (χ2v) is 5.88. The molecule has 1 atom stereocenters. The van der Waals surface area contributed by atoms with Gasteiger partial charge in [0, 0.05) is 13.1 Å². The van der Waals surface area contributed by atoms with Gasteiger partial charge in [-0.05, 0) is 25.7 Å². The van der Waals surface area contributed by atoms with Gasteiger partial charge in [0.15, 0.2) is 0 Å². The number of aryl methyl sites for hydroxylation is 1. The Morgan fingerprint density at radius 3 is 2.71 bits per heavy atom. The molecule has 1 unspecified atom stereocenters. The van der Waals surface area contributed by atoms with Crippen LogP contribution in [0.2, 0.25) is 0 Å². The van der Waals surface area contributed by atoms with Crippen LogP contribution in [0.3, 0.4) is 0 Å². The molecule has 0 saturated heterocycles. The van der Waals surface area contributed by atoms with Gasteiger partial charge in [0.25, 0.3) is 0 Å². The Kier molecular flexibility index (Phi) is 6.17. The Morgan fingerprint density at radius 2 is 2.14 bits per heavy atom. The average molecular weight is 293 g/mol. The number of rotatable bonds is 6. The molecule has 0 aliphatic heterocycles. The number of nitrogens with one attached hydrogen (secondary N) is 1. The lowest BCUT2D eigenvalue weighted by Crippen LogP contribution is -2.39. The molecule has 0 aromatic carbocycles. The zero-order valence-electron chi connectivity index (χ0n) is 12.9. The van der Waals surface area contributed by atoms with Gasteiger partial charge in [0.1, 0.15) is 5.69 Å². The predicted octanol–water partition coefficient (Wildman–Crippen LogP) is 1.46. The maximum atomic E-state index is 12.4. The Bertz CT molecular complexity index is 437. The molecule has 118 valence electrons. The van der Waals surface area contributed by atoms with Crippen LogP contribution in [0.5, 0.6) is 0 Å². The summed E-state index contributed by atoms with van der Waals surface area (Å²) in [5.74, 6) is 0.434. The summed E-state index contributed by atoms with van der Waals surface area (Å²) in [5, 5.41) is 11.0. The van der Waals surface area contributed by atoms with Gasteiger partial charge >= 0.3 is 0 Å². The molecule has 0 bridgehead atoms. The second kappa shape index (κ2) is 8.12. The minimum atomic E-state index is -0.0654. The molecular weight excluding hydrogens is 266 g/mol. The zero-order valence-corrected chi connectivity index (χ0v) is 12.9. The molecule has 1 aliphatic carbocycles. The first-order valence-corrected chi connectivity index (χ1v) is 8.11. The van der Waals surface area contributed by atoms with E-state index in [9.17, 15) is 4.79 Å². The van der Waals surface area contributed by atoms with Crippen LogP contribution in [0, 0.1) is 11.8 Å². The molecule has 1 aliphatic rings. The minimum Gasteiger partial charge on any atom is -0.350 e. The van der Waals surface area contributed by atoms with Gasteiger partial charge in [0.2, 0.25) is 5.91 Å². The predicted molar refractivity (Wildman–Crippen MR) is 81.3 cm³/mol. The van der Waals surface area contributed by atoms with Crippen LogP contribution in [-0.2, 0) is 17.9 Å². The van der Waals surface area contributed by atoms with Crippen molar-refractivity contribution in [2.45, 2.75) is 58.5 Å². The van der Waals surface area contributed by atoms with Crippen molar-refractivity contribution in [1.29, 1.82) is 0 Å². The van der Waals surface area contributed by atoms with Gasteiger partial charge in [-0.1, -0.05) is 30.9 Å². The number of nitrogens with two attached hydrogens (primary N) is 1. The van der Waals surface area contributed by atoms with Crippen molar-refractivity contribution in [3.63, 3.8) is 0 Å². The zero-order chi connectivity index (χ0) is 15.1. The fourth-order valence-electron chi connectivity index (χ4n) is 3.11. The van der Waals surface area contributed by atoms with E-state index in [1.54, 1.807) is 4.68 Å². The van der Waals surface area contributed by atoms with E-state index in [0.29, 0.717) is 19.0 Å². The maximum absolute atomic E-state index is 12.4. The Hall–Kier alpha value is -1.43. The first-order valence-electron chi connectivity index (χ1n) is 8.11.